The highest BCUT2D eigenvalue weighted by atomic mass is 32.2. The molecule has 8 heteroatoms. The summed E-state index contributed by atoms with van der Waals surface area (Å²) in [5.41, 5.74) is 0.342. The van der Waals surface area contributed by atoms with Crippen molar-refractivity contribution in [3.05, 3.63) is 29.8 Å². The standard InChI is InChI=1S/C15H19NO6S/c1-22-6-7-23(20,21)13-4-2-10(3-5-13)14(17)16-12-8-11(9-12)15(18)19/h2-5,11-12H,6-9H2,1H3,(H,16,17)(H,18,19). The number of sulfone groups is 1. The van der Waals surface area contributed by atoms with Gasteiger partial charge in [0.25, 0.3) is 5.91 Å². The summed E-state index contributed by atoms with van der Waals surface area (Å²) < 4.78 is 28.7. The summed E-state index contributed by atoms with van der Waals surface area (Å²) in [6.07, 6.45) is 0.842. The molecule has 0 heterocycles. The molecule has 0 saturated heterocycles. The SMILES string of the molecule is COCCS(=O)(=O)c1ccc(C(=O)NC2CC(C(=O)O)C2)cc1. The molecule has 2 N–H and O–H groups in total. The molecule has 1 aromatic rings. The average Bonchev–Trinajstić information content (AvgIpc) is 2.48. The number of hydrogen-bond acceptors (Lipinski definition) is 5. The topological polar surface area (TPSA) is 110 Å². The maximum absolute atomic E-state index is 12.0. The molecule has 0 aliphatic heterocycles. The molecular weight excluding hydrogens is 322 g/mol. The van der Waals surface area contributed by atoms with Gasteiger partial charge in [0.15, 0.2) is 9.84 Å². The number of amides is 1. The molecule has 23 heavy (non-hydrogen) atoms. The summed E-state index contributed by atoms with van der Waals surface area (Å²) in [6.45, 7) is 0.108. The molecule has 2 rings (SSSR count). The number of ether oxygens (including phenoxy) is 1. The number of rotatable bonds is 7. The van der Waals surface area contributed by atoms with Gasteiger partial charge >= 0.3 is 5.97 Å². The van der Waals surface area contributed by atoms with E-state index in [4.69, 9.17) is 9.84 Å². The van der Waals surface area contributed by atoms with Crippen LogP contribution in [0.3, 0.4) is 0 Å². The van der Waals surface area contributed by atoms with E-state index in [0.717, 1.165) is 0 Å². The largest absolute Gasteiger partial charge is 0.481 e. The van der Waals surface area contributed by atoms with Gasteiger partial charge < -0.3 is 15.2 Å². The molecule has 1 aliphatic rings. The summed E-state index contributed by atoms with van der Waals surface area (Å²) in [5, 5.41) is 11.5. The lowest BCUT2D eigenvalue weighted by Crippen LogP contribution is -2.46. The lowest BCUT2D eigenvalue weighted by atomic mass is 9.80. The maximum atomic E-state index is 12.0. The number of carbonyl (C=O) groups is 2. The van der Waals surface area contributed by atoms with Crippen molar-refractivity contribution in [2.75, 3.05) is 19.5 Å². The quantitative estimate of drug-likeness (QED) is 0.755. The first-order valence-electron chi connectivity index (χ1n) is 7.19. The second kappa shape index (κ2) is 7.10. The van der Waals surface area contributed by atoms with E-state index in [1.54, 1.807) is 0 Å². The van der Waals surface area contributed by atoms with Crippen LogP contribution in [-0.2, 0) is 19.4 Å². The predicted molar refractivity (Wildman–Crippen MR) is 82.0 cm³/mol. The van der Waals surface area contributed by atoms with Gasteiger partial charge in [0, 0.05) is 18.7 Å². The maximum Gasteiger partial charge on any atom is 0.306 e. The third kappa shape index (κ3) is 4.29. The van der Waals surface area contributed by atoms with Gasteiger partial charge in [-0.2, -0.15) is 0 Å². The first kappa shape index (κ1) is 17.4. The molecular formula is C15H19NO6S. The van der Waals surface area contributed by atoms with E-state index in [2.05, 4.69) is 5.32 Å². The molecule has 126 valence electrons. The summed E-state index contributed by atoms with van der Waals surface area (Å²) in [5.74, 6) is -1.69. The van der Waals surface area contributed by atoms with E-state index in [0.29, 0.717) is 18.4 Å². The highest BCUT2D eigenvalue weighted by Gasteiger charge is 2.35. The van der Waals surface area contributed by atoms with Crippen molar-refractivity contribution in [1.29, 1.82) is 0 Å². The third-order valence-electron chi connectivity index (χ3n) is 3.85. The molecule has 1 saturated carbocycles. The van der Waals surface area contributed by atoms with E-state index >= 15 is 0 Å². The molecule has 1 aromatic carbocycles. The Hall–Kier alpha value is -1.93. The van der Waals surface area contributed by atoms with Crippen LogP contribution < -0.4 is 5.32 Å². The van der Waals surface area contributed by atoms with E-state index in [1.807, 2.05) is 0 Å². The molecule has 1 amide bonds. The number of hydrogen-bond donors (Lipinski definition) is 2. The van der Waals surface area contributed by atoms with E-state index in [-0.39, 0.29) is 29.2 Å². The molecule has 0 unspecified atom stereocenters. The van der Waals surface area contributed by atoms with Crippen molar-refractivity contribution in [1.82, 2.24) is 5.32 Å². The minimum atomic E-state index is -3.42. The molecule has 7 nitrogen and oxygen atoms in total. The van der Waals surface area contributed by atoms with Crippen LogP contribution in [0.4, 0.5) is 0 Å². The van der Waals surface area contributed by atoms with Crippen molar-refractivity contribution in [2.45, 2.75) is 23.8 Å². The third-order valence-corrected chi connectivity index (χ3v) is 5.55. The summed E-state index contributed by atoms with van der Waals surface area (Å²) >= 11 is 0. The zero-order valence-electron chi connectivity index (χ0n) is 12.7. The molecule has 0 bridgehead atoms. The van der Waals surface area contributed by atoms with Crippen LogP contribution >= 0.6 is 0 Å². The minimum Gasteiger partial charge on any atom is -0.481 e. The summed E-state index contributed by atoms with van der Waals surface area (Å²) in [6, 6.07) is 5.53. The molecule has 0 atom stereocenters. The van der Waals surface area contributed by atoms with Gasteiger partial charge in [-0.25, -0.2) is 8.42 Å². The first-order valence-corrected chi connectivity index (χ1v) is 8.84. The number of methoxy groups -OCH3 is 1. The number of carboxylic acid groups (broad SMARTS) is 1. The monoisotopic (exact) mass is 341 g/mol. The van der Waals surface area contributed by atoms with Gasteiger partial charge in [-0.1, -0.05) is 0 Å². The Kier molecular flexibility index (Phi) is 5.38. The number of carbonyl (C=O) groups excluding carboxylic acids is 1. The normalized spacial score (nSPS) is 20.6. The van der Waals surface area contributed by atoms with Crippen LogP contribution in [0.2, 0.25) is 0 Å². The Morgan fingerprint density at radius 2 is 1.87 bits per heavy atom. The van der Waals surface area contributed by atoms with Crippen molar-refractivity contribution < 1.29 is 27.9 Å². The number of benzene rings is 1. The Labute approximate surface area is 134 Å². The fourth-order valence-electron chi connectivity index (χ4n) is 2.33. The van der Waals surface area contributed by atoms with Crippen LogP contribution in [0.5, 0.6) is 0 Å². The van der Waals surface area contributed by atoms with Gasteiger partial charge in [-0.3, -0.25) is 9.59 Å². The van der Waals surface area contributed by atoms with Crippen molar-refractivity contribution in [3.63, 3.8) is 0 Å². The van der Waals surface area contributed by atoms with Gasteiger partial charge in [0.05, 0.1) is 23.2 Å². The zero-order valence-corrected chi connectivity index (χ0v) is 13.5. The van der Waals surface area contributed by atoms with Gasteiger partial charge in [0.2, 0.25) is 0 Å². The summed E-state index contributed by atoms with van der Waals surface area (Å²) in [7, 11) is -1.99. The molecule has 0 spiro atoms. The van der Waals surface area contributed by atoms with E-state index in [9.17, 15) is 18.0 Å². The van der Waals surface area contributed by atoms with E-state index in [1.165, 1.54) is 31.4 Å². The fraction of sp³-hybridized carbons (Fsp3) is 0.467. The van der Waals surface area contributed by atoms with Gasteiger partial charge in [-0.15, -0.1) is 0 Å². The number of nitrogens with one attached hydrogen (secondary N) is 1. The molecule has 1 fully saturated rings. The average molecular weight is 341 g/mol. The summed E-state index contributed by atoms with van der Waals surface area (Å²) in [4.78, 5) is 22.9. The Balaban J connectivity index is 1.94. The Bertz CT molecular complexity index is 676. The molecule has 0 radical (unpaired) electrons. The zero-order chi connectivity index (χ0) is 17.0. The Morgan fingerprint density at radius 1 is 1.26 bits per heavy atom. The predicted octanol–water partition coefficient (Wildman–Crippen LogP) is 0.700. The lowest BCUT2D eigenvalue weighted by molar-refractivity contribution is -0.145. The smallest absolute Gasteiger partial charge is 0.306 e. The van der Waals surface area contributed by atoms with Crippen LogP contribution in [0.15, 0.2) is 29.2 Å². The van der Waals surface area contributed by atoms with Crippen LogP contribution in [0.1, 0.15) is 23.2 Å². The van der Waals surface area contributed by atoms with Gasteiger partial charge in [0.1, 0.15) is 0 Å². The Morgan fingerprint density at radius 3 is 2.39 bits per heavy atom. The van der Waals surface area contributed by atoms with Gasteiger partial charge in [-0.05, 0) is 37.1 Å². The highest BCUT2D eigenvalue weighted by Crippen LogP contribution is 2.27. The van der Waals surface area contributed by atoms with E-state index < -0.39 is 21.7 Å². The fourth-order valence-corrected chi connectivity index (χ4v) is 3.50. The van der Waals surface area contributed by atoms with Crippen molar-refractivity contribution >= 4 is 21.7 Å². The first-order chi connectivity index (χ1) is 10.8. The number of carboxylic acids is 1. The second-order valence-corrected chi connectivity index (χ2v) is 7.62. The van der Waals surface area contributed by atoms with Crippen LogP contribution in [-0.4, -0.2) is 50.9 Å². The number of aliphatic carboxylic acids is 1. The molecule has 1 aliphatic carbocycles. The second-order valence-electron chi connectivity index (χ2n) is 5.51. The van der Waals surface area contributed by atoms with Crippen molar-refractivity contribution in [3.8, 4) is 0 Å². The van der Waals surface area contributed by atoms with Crippen LogP contribution in [0, 0.1) is 5.92 Å². The lowest BCUT2D eigenvalue weighted by Gasteiger charge is -2.32. The molecule has 0 aromatic heterocycles. The van der Waals surface area contributed by atoms with Crippen LogP contribution in [0.25, 0.3) is 0 Å². The van der Waals surface area contributed by atoms with Crippen molar-refractivity contribution in [2.24, 2.45) is 5.92 Å². The minimum absolute atomic E-state index is 0.108. The highest BCUT2D eigenvalue weighted by molar-refractivity contribution is 7.91.